The van der Waals surface area contributed by atoms with E-state index in [1.165, 1.54) is 18.4 Å². The van der Waals surface area contributed by atoms with Gasteiger partial charge in [-0.05, 0) is 63.3 Å². The Morgan fingerprint density at radius 1 is 1.23 bits per heavy atom. The highest BCUT2D eigenvalue weighted by atomic mass is 35.5. The van der Waals surface area contributed by atoms with E-state index in [0.29, 0.717) is 23.2 Å². The van der Waals surface area contributed by atoms with E-state index in [1.807, 2.05) is 19.1 Å². The molecule has 2 aromatic rings. The molecule has 1 aromatic carbocycles. The molecule has 1 aliphatic rings. The van der Waals surface area contributed by atoms with E-state index >= 15 is 0 Å². The molecule has 1 amide bonds. The van der Waals surface area contributed by atoms with Crippen molar-refractivity contribution in [3.63, 3.8) is 0 Å². The maximum atomic E-state index is 12.4. The first-order chi connectivity index (χ1) is 12.6. The van der Waals surface area contributed by atoms with Crippen molar-refractivity contribution < 1.29 is 4.79 Å². The fourth-order valence-corrected chi connectivity index (χ4v) is 3.19. The lowest BCUT2D eigenvalue weighted by Gasteiger charge is -2.13. The molecule has 0 saturated carbocycles. The van der Waals surface area contributed by atoms with Crippen LogP contribution in [0.3, 0.4) is 0 Å². The van der Waals surface area contributed by atoms with Gasteiger partial charge in [-0.3, -0.25) is 4.79 Å². The minimum absolute atomic E-state index is 0.180. The third kappa shape index (κ3) is 5.30. The van der Waals surface area contributed by atoms with Gasteiger partial charge in [0.05, 0.1) is 0 Å². The number of hydrogen-bond donors (Lipinski definition) is 2. The molecule has 0 atom stereocenters. The maximum Gasteiger partial charge on any atom is 0.270 e. The van der Waals surface area contributed by atoms with Crippen LogP contribution in [0.4, 0.5) is 11.6 Å². The number of benzene rings is 1. The molecule has 0 spiro atoms. The van der Waals surface area contributed by atoms with Crippen LogP contribution in [0.25, 0.3) is 0 Å². The molecule has 0 aliphatic heterocycles. The van der Waals surface area contributed by atoms with Crippen molar-refractivity contribution in [2.75, 3.05) is 11.9 Å². The standard InChI is InChI=1S/C20H23ClN4O/c1-14-12-18(19(26)22-11-10-15-6-3-2-4-7-15)25-20(23-14)24-17-9-5-8-16(21)13-17/h5-6,8-9,12-13H,2-4,7,10-11H2,1H3,(H,22,26)(H,23,24,25). The summed E-state index contributed by atoms with van der Waals surface area (Å²) in [5, 5.41) is 6.67. The third-order valence-corrected chi connectivity index (χ3v) is 4.52. The van der Waals surface area contributed by atoms with E-state index < -0.39 is 0 Å². The maximum absolute atomic E-state index is 12.4. The van der Waals surface area contributed by atoms with Gasteiger partial charge in [0, 0.05) is 22.9 Å². The zero-order valence-electron chi connectivity index (χ0n) is 14.9. The third-order valence-electron chi connectivity index (χ3n) is 4.28. The number of rotatable bonds is 6. The van der Waals surface area contributed by atoms with Crippen LogP contribution in [-0.2, 0) is 0 Å². The van der Waals surface area contributed by atoms with E-state index in [-0.39, 0.29) is 5.91 Å². The number of carbonyl (C=O) groups excluding carboxylic acids is 1. The zero-order chi connectivity index (χ0) is 18.4. The van der Waals surface area contributed by atoms with Crippen molar-refractivity contribution in [3.05, 3.63) is 58.4 Å². The smallest absolute Gasteiger partial charge is 0.270 e. The van der Waals surface area contributed by atoms with Crippen LogP contribution in [0.1, 0.15) is 48.3 Å². The normalized spacial score (nSPS) is 13.8. The fourth-order valence-electron chi connectivity index (χ4n) is 2.99. The summed E-state index contributed by atoms with van der Waals surface area (Å²) in [4.78, 5) is 21.1. The number of nitrogens with zero attached hydrogens (tertiary/aromatic N) is 2. The SMILES string of the molecule is Cc1cc(C(=O)NCCC2=CCCCC2)nc(Nc2cccc(Cl)c2)n1. The van der Waals surface area contributed by atoms with Gasteiger partial charge in [0.25, 0.3) is 5.91 Å². The van der Waals surface area contributed by atoms with Crippen LogP contribution in [0, 0.1) is 6.92 Å². The number of anilines is 2. The van der Waals surface area contributed by atoms with E-state index in [9.17, 15) is 4.79 Å². The quantitative estimate of drug-likeness (QED) is 0.716. The molecule has 1 aromatic heterocycles. The number of aryl methyl sites for hydroxylation is 1. The summed E-state index contributed by atoms with van der Waals surface area (Å²) in [6.45, 7) is 2.47. The van der Waals surface area contributed by atoms with Gasteiger partial charge in [-0.1, -0.05) is 29.3 Å². The molecule has 3 rings (SSSR count). The predicted octanol–water partition coefficient (Wildman–Crippen LogP) is 4.80. The molecule has 136 valence electrons. The van der Waals surface area contributed by atoms with E-state index in [0.717, 1.165) is 30.6 Å². The van der Waals surface area contributed by atoms with E-state index in [2.05, 4.69) is 26.7 Å². The van der Waals surface area contributed by atoms with Gasteiger partial charge in [-0.2, -0.15) is 0 Å². The van der Waals surface area contributed by atoms with Gasteiger partial charge in [0.1, 0.15) is 5.69 Å². The number of allylic oxidation sites excluding steroid dienone is 1. The minimum atomic E-state index is -0.180. The van der Waals surface area contributed by atoms with Crippen molar-refractivity contribution in [1.82, 2.24) is 15.3 Å². The van der Waals surface area contributed by atoms with Crippen molar-refractivity contribution >= 4 is 29.1 Å². The molecule has 1 heterocycles. The second-order valence-corrected chi connectivity index (χ2v) is 6.90. The van der Waals surface area contributed by atoms with Gasteiger partial charge in [0.15, 0.2) is 0 Å². The Kier molecular flexibility index (Phi) is 6.23. The fraction of sp³-hybridized carbons (Fsp3) is 0.350. The lowest BCUT2D eigenvalue weighted by Crippen LogP contribution is -2.26. The van der Waals surface area contributed by atoms with Gasteiger partial charge in [-0.15, -0.1) is 0 Å². The number of carbonyl (C=O) groups is 1. The van der Waals surface area contributed by atoms with E-state index in [1.54, 1.807) is 18.2 Å². The van der Waals surface area contributed by atoms with Crippen LogP contribution in [0.5, 0.6) is 0 Å². The molecule has 5 nitrogen and oxygen atoms in total. The highest BCUT2D eigenvalue weighted by molar-refractivity contribution is 6.30. The second kappa shape index (κ2) is 8.81. The second-order valence-electron chi connectivity index (χ2n) is 6.47. The Morgan fingerprint density at radius 3 is 2.88 bits per heavy atom. The van der Waals surface area contributed by atoms with Crippen LogP contribution in [0.2, 0.25) is 5.02 Å². The topological polar surface area (TPSA) is 66.9 Å². The van der Waals surface area contributed by atoms with Gasteiger partial charge in [0.2, 0.25) is 5.95 Å². The van der Waals surface area contributed by atoms with Gasteiger partial charge in [-0.25, -0.2) is 9.97 Å². The largest absolute Gasteiger partial charge is 0.350 e. The van der Waals surface area contributed by atoms with Crippen molar-refractivity contribution in [2.24, 2.45) is 0 Å². The Bertz CT molecular complexity index is 819. The first-order valence-corrected chi connectivity index (χ1v) is 9.32. The number of halogens is 1. The molecular formula is C20H23ClN4O. The Balaban J connectivity index is 1.62. The first kappa shape index (κ1) is 18.4. The molecule has 0 radical (unpaired) electrons. The van der Waals surface area contributed by atoms with Crippen LogP contribution >= 0.6 is 11.6 Å². The molecular weight excluding hydrogens is 348 g/mol. The average molecular weight is 371 g/mol. The summed E-state index contributed by atoms with van der Waals surface area (Å²) < 4.78 is 0. The number of amides is 1. The van der Waals surface area contributed by atoms with Crippen molar-refractivity contribution in [3.8, 4) is 0 Å². The number of aromatic nitrogens is 2. The Hall–Kier alpha value is -2.40. The van der Waals surface area contributed by atoms with Crippen molar-refractivity contribution in [2.45, 2.75) is 39.0 Å². The summed E-state index contributed by atoms with van der Waals surface area (Å²) in [5.74, 6) is 0.202. The molecule has 1 aliphatic carbocycles. The monoisotopic (exact) mass is 370 g/mol. The summed E-state index contributed by atoms with van der Waals surface area (Å²) in [5.41, 5.74) is 3.31. The molecule has 0 fully saturated rings. The van der Waals surface area contributed by atoms with Crippen molar-refractivity contribution in [1.29, 1.82) is 0 Å². The van der Waals surface area contributed by atoms with Gasteiger partial charge < -0.3 is 10.6 Å². The Morgan fingerprint density at radius 2 is 2.12 bits per heavy atom. The molecule has 0 unspecified atom stereocenters. The average Bonchev–Trinajstić information content (AvgIpc) is 2.62. The molecule has 2 N–H and O–H groups in total. The molecule has 0 saturated heterocycles. The molecule has 26 heavy (non-hydrogen) atoms. The zero-order valence-corrected chi connectivity index (χ0v) is 15.6. The molecule has 0 bridgehead atoms. The van der Waals surface area contributed by atoms with Gasteiger partial charge >= 0.3 is 0 Å². The lowest BCUT2D eigenvalue weighted by atomic mass is 9.97. The van der Waals surface area contributed by atoms with Crippen LogP contribution < -0.4 is 10.6 Å². The summed E-state index contributed by atoms with van der Waals surface area (Å²) >= 11 is 6.00. The minimum Gasteiger partial charge on any atom is -0.350 e. The highest BCUT2D eigenvalue weighted by Crippen LogP contribution is 2.20. The predicted molar refractivity (Wildman–Crippen MR) is 105 cm³/mol. The summed E-state index contributed by atoms with van der Waals surface area (Å²) in [7, 11) is 0. The molecule has 6 heteroatoms. The van der Waals surface area contributed by atoms with Crippen LogP contribution in [0.15, 0.2) is 42.0 Å². The summed E-state index contributed by atoms with van der Waals surface area (Å²) in [6.07, 6.45) is 8.05. The Labute approximate surface area is 158 Å². The van der Waals surface area contributed by atoms with E-state index in [4.69, 9.17) is 11.6 Å². The lowest BCUT2D eigenvalue weighted by molar-refractivity contribution is 0.0949. The van der Waals surface area contributed by atoms with Crippen LogP contribution in [-0.4, -0.2) is 22.4 Å². The number of hydrogen-bond acceptors (Lipinski definition) is 4. The summed E-state index contributed by atoms with van der Waals surface area (Å²) in [6, 6.07) is 8.98. The highest BCUT2D eigenvalue weighted by Gasteiger charge is 2.11. The first-order valence-electron chi connectivity index (χ1n) is 8.94. The number of nitrogens with one attached hydrogen (secondary N) is 2.